The van der Waals surface area contributed by atoms with Gasteiger partial charge >= 0.3 is 0 Å². The lowest BCUT2D eigenvalue weighted by Crippen LogP contribution is -2.41. The van der Waals surface area contributed by atoms with Crippen LogP contribution in [-0.2, 0) is 11.3 Å². The largest absolute Gasteiger partial charge is 0.496 e. The number of rotatable bonds is 11. The van der Waals surface area contributed by atoms with Gasteiger partial charge in [0.1, 0.15) is 5.75 Å². The molecule has 0 heterocycles. The van der Waals surface area contributed by atoms with E-state index in [9.17, 15) is 0 Å². The number of aliphatic imine (C=N–C) groups is 1. The summed E-state index contributed by atoms with van der Waals surface area (Å²) in [6.07, 6.45) is 1.04. The molecule has 0 saturated heterocycles. The Bertz CT molecular complexity index is 532. The van der Waals surface area contributed by atoms with Crippen LogP contribution in [0.1, 0.15) is 18.9 Å². The van der Waals surface area contributed by atoms with E-state index < -0.39 is 0 Å². The Morgan fingerprint density at radius 2 is 2.00 bits per heavy atom. The molecule has 0 aromatic heterocycles. The maximum atomic E-state index is 6.00. The molecule has 0 amide bonds. The molecule has 26 heavy (non-hydrogen) atoms. The zero-order valence-corrected chi connectivity index (χ0v) is 19.3. The van der Waals surface area contributed by atoms with E-state index in [2.05, 4.69) is 34.5 Å². The Labute approximate surface area is 179 Å². The topological polar surface area (TPSA) is 58.1 Å². The quantitative estimate of drug-likeness (QED) is 0.213. The molecule has 0 spiro atoms. The molecule has 8 heteroatoms. The Morgan fingerprint density at radius 3 is 2.65 bits per heavy atom. The van der Waals surface area contributed by atoms with Gasteiger partial charge in [0.15, 0.2) is 5.96 Å². The highest BCUT2D eigenvalue weighted by atomic mass is 127. The van der Waals surface area contributed by atoms with Crippen molar-refractivity contribution in [1.82, 2.24) is 15.5 Å². The van der Waals surface area contributed by atoms with Gasteiger partial charge in [-0.2, -0.15) is 0 Å². The predicted molar refractivity (Wildman–Crippen MR) is 120 cm³/mol. The summed E-state index contributed by atoms with van der Waals surface area (Å²) in [4.78, 5) is 6.90. The minimum absolute atomic E-state index is 0. The molecule has 2 N–H and O–H groups in total. The molecule has 0 fully saturated rings. The van der Waals surface area contributed by atoms with Gasteiger partial charge in [0.25, 0.3) is 0 Å². The summed E-state index contributed by atoms with van der Waals surface area (Å²) >= 11 is 6.00. The fraction of sp³-hybridized carbons (Fsp3) is 0.611. The molecule has 0 radical (unpaired) electrons. The van der Waals surface area contributed by atoms with Gasteiger partial charge in [-0.15, -0.1) is 24.0 Å². The van der Waals surface area contributed by atoms with E-state index in [0.29, 0.717) is 11.6 Å². The summed E-state index contributed by atoms with van der Waals surface area (Å²) in [5, 5.41) is 7.28. The highest BCUT2D eigenvalue weighted by molar-refractivity contribution is 14.0. The van der Waals surface area contributed by atoms with Crippen LogP contribution in [0.5, 0.6) is 5.75 Å². The van der Waals surface area contributed by atoms with Crippen molar-refractivity contribution in [3.63, 3.8) is 0 Å². The number of benzene rings is 1. The number of halogens is 2. The second kappa shape index (κ2) is 15.3. The van der Waals surface area contributed by atoms with E-state index in [0.717, 1.165) is 56.5 Å². The third-order valence-electron chi connectivity index (χ3n) is 3.68. The fourth-order valence-electron chi connectivity index (χ4n) is 2.31. The van der Waals surface area contributed by atoms with E-state index in [1.54, 1.807) is 14.2 Å². The van der Waals surface area contributed by atoms with Gasteiger partial charge in [-0.3, -0.25) is 0 Å². The molecular weight excluding hydrogens is 467 g/mol. The van der Waals surface area contributed by atoms with Crippen molar-refractivity contribution in [3.8, 4) is 5.75 Å². The van der Waals surface area contributed by atoms with Crippen molar-refractivity contribution in [2.45, 2.75) is 19.9 Å². The second-order valence-electron chi connectivity index (χ2n) is 5.73. The van der Waals surface area contributed by atoms with E-state index in [1.165, 1.54) is 0 Å². The summed E-state index contributed by atoms with van der Waals surface area (Å²) in [5.41, 5.74) is 1.00. The highest BCUT2D eigenvalue weighted by Gasteiger charge is 2.05. The predicted octanol–water partition coefficient (Wildman–Crippen LogP) is 2.99. The first-order chi connectivity index (χ1) is 12.1. The third-order valence-corrected chi connectivity index (χ3v) is 3.91. The van der Waals surface area contributed by atoms with Crippen LogP contribution in [0, 0.1) is 0 Å². The van der Waals surface area contributed by atoms with E-state index in [4.69, 9.17) is 21.1 Å². The third kappa shape index (κ3) is 10.4. The number of hydrogen-bond acceptors (Lipinski definition) is 4. The zero-order valence-electron chi connectivity index (χ0n) is 16.2. The number of guanidine groups is 1. The molecule has 1 aromatic carbocycles. The van der Waals surface area contributed by atoms with Crippen molar-refractivity contribution in [3.05, 3.63) is 28.8 Å². The standard InChI is InChI=1S/C18H31ClN4O2.HI/c1-5-20-18(21-9-11-23(2)10-6-12-24-3)22-14-15-7-8-16(19)13-17(15)25-4;/h7-8,13H,5-6,9-12,14H2,1-4H3,(H2,20,21,22);1H. The van der Waals surface area contributed by atoms with E-state index >= 15 is 0 Å². The van der Waals surface area contributed by atoms with Crippen LogP contribution in [-0.4, -0.2) is 64.9 Å². The number of likely N-dealkylation sites (N-methyl/N-ethyl adjacent to an activating group) is 1. The van der Waals surface area contributed by atoms with Gasteiger partial charge in [0.2, 0.25) is 0 Å². The summed E-state index contributed by atoms with van der Waals surface area (Å²) in [7, 11) is 5.48. The van der Waals surface area contributed by atoms with Gasteiger partial charge in [-0.25, -0.2) is 4.99 Å². The summed E-state index contributed by atoms with van der Waals surface area (Å²) in [6, 6.07) is 5.60. The molecule has 0 unspecified atom stereocenters. The maximum absolute atomic E-state index is 6.00. The molecule has 0 saturated carbocycles. The Morgan fingerprint density at radius 1 is 1.23 bits per heavy atom. The molecule has 0 atom stereocenters. The number of hydrogen-bond donors (Lipinski definition) is 2. The maximum Gasteiger partial charge on any atom is 0.191 e. The van der Waals surface area contributed by atoms with Crippen molar-refractivity contribution in [2.24, 2.45) is 4.99 Å². The van der Waals surface area contributed by atoms with E-state index in [-0.39, 0.29) is 24.0 Å². The van der Waals surface area contributed by atoms with Gasteiger partial charge in [-0.1, -0.05) is 17.7 Å². The second-order valence-corrected chi connectivity index (χ2v) is 6.16. The fourth-order valence-corrected chi connectivity index (χ4v) is 2.47. The molecule has 150 valence electrons. The molecular formula is C18H32ClIN4O2. The summed E-state index contributed by atoms with van der Waals surface area (Å²) in [5.74, 6) is 1.55. The van der Waals surface area contributed by atoms with Crippen molar-refractivity contribution >= 4 is 41.5 Å². The first-order valence-corrected chi connectivity index (χ1v) is 9.00. The zero-order chi connectivity index (χ0) is 18.5. The number of ether oxygens (including phenoxy) is 2. The summed E-state index contributed by atoms with van der Waals surface area (Å²) in [6.45, 7) is 6.98. The molecule has 1 aromatic rings. The van der Waals surface area contributed by atoms with Crippen LogP contribution in [0.4, 0.5) is 0 Å². The van der Waals surface area contributed by atoms with Crippen LogP contribution in [0.25, 0.3) is 0 Å². The lowest BCUT2D eigenvalue weighted by atomic mass is 10.2. The van der Waals surface area contributed by atoms with Crippen LogP contribution in [0.3, 0.4) is 0 Å². The minimum atomic E-state index is 0. The first-order valence-electron chi connectivity index (χ1n) is 8.62. The Balaban J connectivity index is 0.00000625. The van der Waals surface area contributed by atoms with Gasteiger partial charge in [0.05, 0.1) is 13.7 Å². The molecule has 0 aliphatic heterocycles. The van der Waals surface area contributed by atoms with Crippen LogP contribution >= 0.6 is 35.6 Å². The number of nitrogens with one attached hydrogen (secondary N) is 2. The lowest BCUT2D eigenvalue weighted by molar-refractivity contribution is 0.180. The average Bonchev–Trinajstić information content (AvgIpc) is 2.60. The van der Waals surface area contributed by atoms with Crippen molar-refractivity contribution in [2.75, 3.05) is 54.1 Å². The van der Waals surface area contributed by atoms with Gasteiger partial charge < -0.3 is 25.0 Å². The van der Waals surface area contributed by atoms with Crippen LogP contribution in [0.15, 0.2) is 23.2 Å². The van der Waals surface area contributed by atoms with Crippen LogP contribution < -0.4 is 15.4 Å². The molecule has 1 rings (SSSR count). The Hall–Kier alpha value is -0.770. The molecule has 0 aliphatic rings. The molecule has 0 aliphatic carbocycles. The summed E-state index contributed by atoms with van der Waals surface area (Å²) < 4.78 is 10.4. The van der Waals surface area contributed by atoms with Gasteiger partial charge in [-0.05, 0) is 32.5 Å². The number of nitrogens with zero attached hydrogens (tertiary/aromatic N) is 2. The lowest BCUT2D eigenvalue weighted by Gasteiger charge is -2.18. The van der Waals surface area contributed by atoms with Gasteiger partial charge in [0, 0.05) is 50.5 Å². The first kappa shape index (κ1) is 25.2. The average molecular weight is 499 g/mol. The number of methoxy groups -OCH3 is 2. The molecule has 0 bridgehead atoms. The highest BCUT2D eigenvalue weighted by Crippen LogP contribution is 2.23. The normalized spacial score (nSPS) is 11.2. The smallest absolute Gasteiger partial charge is 0.191 e. The monoisotopic (exact) mass is 498 g/mol. The minimum Gasteiger partial charge on any atom is -0.496 e. The van der Waals surface area contributed by atoms with Crippen molar-refractivity contribution < 1.29 is 9.47 Å². The van der Waals surface area contributed by atoms with Crippen LogP contribution in [0.2, 0.25) is 5.02 Å². The van der Waals surface area contributed by atoms with Crippen molar-refractivity contribution in [1.29, 1.82) is 0 Å². The SMILES string of the molecule is CCNC(=NCc1ccc(Cl)cc1OC)NCCN(C)CCCOC.I. The van der Waals surface area contributed by atoms with E-state index in [1.807, 2.05) is 18.2 Å². The Kier molecular flexibility index (Phi) is 14.9. The molecule has 6 nitrogen and oxygen atoms in total.